The highest BCUT2D eigenvalue weighted by molar-refractivity contribution is 7.98. The maximum Gasteiger partial charge on any atom is 0.416 e. The van der Waals surface area contributed by atoms with Gasteiger partial charge in [-0.25, -0.2) is 9.78 Å². The molecule has 12 heteroatoms. The lowest BCUT2D eigenvalue weighted by Gasteiger charge is -2.36. The lowest BCUT2D eigenvalue weighted by atomic mass is 10.1. The SMILES string of the molecule is CCOC(=O)C(C)Oc1ccc(SCc2sc(-c3ccc(C(F)(F)F)cc3)nc2CN2CCN(c3ccc(OC(C)C)cc3)CC2)cc1C. The van der Waals surface area contributed by atoms with Crippen LogP contribution in [0.4, 0.5) is 18.9 Å². The molecule has 1 saturated heterocycles. The summed E-state index contributed by atoms with van der Waals surface area (Å²) in [4.78, 5) is 23.9. The van der Waals surface area contributed by atoms with E-state index >= 15 is 0 Å². The number of rotatable bonds is 13. The van der Waals surface area contributed by atoms with E-state index in [0.717, 1.165) is 70.8 Å². The van der Waals surface area contributed by atoms with Crippen LogP contribution in [0.25, 0.3) is 10.6 Å². The van der Waals surface area contributed by atoms with Crippen molar-refractivity contribution >= 4 is 34.8 Å². The third kappa shape index (κ3) is 9.92. The van der Waals surface area contributed by atoms with Crippen molar-refractivity contribution in [2.45, 2.75) is 70.2 Å². The lowest BCUT2D eigenvalue weighted by molar-refractivity contribution is -0.150. The zero-order valence-corrected chi connectivity index (χ0v) is 30.0. The number of hydrogen-bond donors (Lipinski definition) is 0. The Kier molecular flexibility index (Phi) is 12.2. The van der Waals surface area contributed by atoms with Crippen molar-refractivity contribution in [2.75, 3.05) is 37.7 Å². The molecule has 3 aromatic carbocycles. The van der Waals surface area contributed by atoms with E-state index < -0.39 is 23.8 Å². The second-order valence-electron chi connectivity index (χ2n) is 12.1. The van der Waals surface area contributed by atoms with Gasteiger partial charge in [-0.15, -0.1) is 23.1 Å². The number of anilines is 1. The third-order valence-corrected chi connectivity index (χ3v) is 10.3. The molecular formula is C37H42F3N3O4S2. The van der Waals surface area contributed by atoms with Crippen LogP contribution in [0.2, 0.25) is 0 Å². The summed E-state index contributed by atoms with van der Waals surface area (Å²) in [6.07, 6.45) is -4.98. The number of thiazole rings is 1. The Hall–Kier alpha value is -3.74. The molecule has 2 heterocycles. The van der Waals surface area contributed by atoms with Crippen molar-refractivity contribution < 1.29 is 32.2 Å². The predicted molar refractivity (Wildman–Crippen MR) is 190 cm³/mol. The smallest absolute Gasteiger partial charge is 0.416 e. The van der Waals surface area contributed by atoms with Crippen molar-refractivity contribution in [1.29, 1.82) is 0 Å². The van der Waals surface area contributed by atoms with Gasteiger partial charge in [-0.2, -0.15) is 13.2 Å². The minimum Gasteiger partial charge on any atom is -0.491 e. The number of piperazine rings is 1. The first-order chi connectivity index (χ1) is 23.4. The minimum absolute atomic E-state index is 0.125. The van der Waals surface area contributed by atoms with Crippen LogP contribution in [0, 0.1) is 6.92 Å². The van der Waals surface area contributed by atoms with E-state index in [1.54, 1.807) is 25.6 Å². The van der Waals surface area contributed by atoms with Gasteiger partial charge in [0.05, 0.1) is 24.0 Å². The first-order valence-electron chi connectivity index (χ1n) is 16.4. The number of carbonyl (C=O) groups excluding carboxylic acids is 1. The van der Waals surface area contributed by atoms with Crippen molar-refractivity contribution in [2.24, 2.45) is 0 Å². The molecular weight excluding hydrogens is 672 g/mol. The fourth-order valence-corrected chi connectivity index (χ4v) is 7.59. The van der Waals surface area contributed by atoms with E-state index in [-0.39, 0.29) is 6.10 Å². The zero-order chi connectivity index (χ0) is 35.1. The van der Waals surface area contributed by atoms with E-state index in [1.807, 2.05) is 51.1 Å². The standard InChI is InChI=1S/C37H42F3N3O4S2/c1-6-45-36(44)26(5)47-33-16-15-31(21-25(33)4)48-23-34-32(41-35(49-34)27-7-9-28(10-8-27)37(38,39)40)22-42-17-19-43(20-18-42)29-11-13-30(14-12-29)46-24(2)3/h7-16,21,24,26H,6,17-20,22-23H2,1-5H3. The minimum atomic E-state index is -4.39. The monoisotopic (exact) mass is 713 g/mol. The van der Waals surface area contributed by atoms with Crippen LogP contribution in [0.15, 0.2) is 71.6 Å². The molecule has 0 N–H and O–H groups in total. The summed E-state index contributed by atoms with van der Waals surface area (Å²) in [5.41, 5.74) is 2.99. The Morgan fingerprint density at radius 2 is 1.65 bits per heavy atom. The molecule has 1 aliphatic heterocycles. The molecule has 262 valence electrons. The molecule has 0 radical (unpaired) electrons. The van der Waals surface area contributed by atoms with Gasteiger partial charge in [-0.3, -0.25) is 4.90 Å². The average molecular weight is 714 g/mol. The van der Waals surface area contributed by atoms with E-state index in [0.29, 0.717) is 35.2 Å². The molecule has 1 fully saturated rings. The fraction of sp³-hybridized carbons (Fsp3) is 0.405. The van der Waals surface area contributed by atoms with Crippen LogP contribution in [0.1, 0.15) is 49.4 Å². The number of thioether (sulfide) groups is 1. The van der Waals surface area contributed by atoms with Gasteiger partial charge in [-0.05, 0) is 94.8 Å². The molecule has 1 aliphatic rings. The lowest BCUT2D eigenvalue weighted by Crippen LogP contribution is -2.46. The van der Waals surface area contributed by atoms with E-state index in [4.69, 9.17) is 19.2 Å². The number of esters is 1. The van der Waals surface area contributed by atoms with Crippen LogP contribution < -0.4 is 14.4 Å². The van der Waals surface area contributed by atoms with Crippen LogP contribution >= 0.6 is 23.1 Å². The Morgan fingerprint density at radius 3 is 2.27 bits per heavy atom. The van der Waals surface area contributed by atoms with Crippen molar-refractivity contribution in [3.8, 4) is 22.1 Å². The maximum absolute atomic E-state index is 13.2. The Morgan fingerprint density at radius 1 is 0.959 bits per heavy atom. The molecule has 7 nitrogen and oxygen atoms in total. The van der Waals surface area contributed by atoms with Gasteiger partial charge < -0.3 is 19.1 Å². The number of ether oxygens (including phenoxy) is 3. The van der Waals surface area contributed by atoms with Crippen LogP contribution in [0.5, 0.6) is 11.5 Å². The average Bonchev–Trinajstić information content (AvgIpc) is 3.47. The molecule has 0 spiro atoms. The van der Waals surface area contributed by atoms with Gasteiger partial charge in [0.1, 0.15) is 16.5 Å². The topological polar surface area (TPSA) is 64.1 Å². The molecule has 5 rings (SSSR count). The first kappa shape index (κ1) is 36.5. The van der Waals surface area contributed by atoms with Crippen molar-refractivity contribution in [3.05, 3.63) is 88.4 Å². The summed E-state index contributed by atoms with van der Waals surface area (Å²) >= 11 is 3.18. The number of halogens is 3. The van der Waals surface area contributed by atoms with Crippen molar-refractivity contribution in [3.63, 3.8) is 0 Å². The second-order valence-corrected chi connectivity index (χ2v) is 14.2. The Bertz CT molecular complexity index is 1690. The molecule has 49 heavy (non-hydrogen) atoms. The van der Waals surface area contributed by atoms with Crippen LogP contribution in [0.3, 0.4) is 0 Å². The normalized spacial score (nSPS) is 14.6. The molecule has 1 aromatic heterocycles. The Balaban J connectivity index is 1.28. The largest absolute Gasteiger partial charge is 0.491 e. The van der Waals surface area contributed by atoms with E-state index in [2.05, 4.69) is 21.9 Å². The van der Waals surface area contributed by atoms with E-state index in [1.165, 1.54) is 23.5 Å². The number of aromatic nitrogens is 1. The predicted octanol–water partition coefficient (Wildman–Crippen LogP) is 8.87. The molecule has 0 aliphatic carbocycles. The summed E-state index contributed by atoms with van der Waals surface area (Å²) in [6, 6.07) is 19.3. The highest BCUT2D eigenvalue weighted by Crippen LogP contribution is 2.37. The summed E-state index contributed by atoms with van der Waals surface area (Å²) < 4.78 is 56.4. The summed E-state index contributed by atoms with van der Waals surface area (Å²) in [6.45, 7) is 13.8. The summed E-state index contributed by atoms with van der Waals surface area (Å²) in [7, 11) is 0. The molecule has 0 bridgehead atoms. The quantitative estimate of drug-likeness (QED) is 0.101. The third-order valence-electron chi connectivity index (χ3n) is 8.00. The number of carbonyl (C=O) groups is 1. The highest BCUT2D eigenvalue weighted by Gasteiger charge is 2.30. The number of alkyl halides is 3. The number of benzene rings is 3. The van der Waals surface area contributed by atoms with Gasteiger partial charge in [-0.1, -0.05) is 12.1 Å². The number of aryl methyl sites for hydroxylation is 1. The summed E-state index contributed by atoms with van der Waals surface area (Å²) in [5, 5.41) is 0.703. The molecule has 4 aromatic rings. The van der Waals surface area contributed by atoms with Gasteiger partial charge in [0, 0.05) is 59.5 Å². The Labute approximate surface area is 294 Å². The van der Waals surface area contributed by atoms with Crippen LogP contribution in [-0.4, -0.2) is 60.8 Å². The summed E-state index contributed by atoms with van der Waals surface area (Å²) in [5.74, 6) is 1.72. The van der Waals surface area contributed by atoms with Gasteiger partial charge >= 0.3 is 12.1 Å². The van der Waals surface area contributed by atoms with Crippen LogP contribution in [-0.2, 0) is 28.0 Å². The molecule has 1 atom stereocenters. The number of hydrogen-bond acceptors (Lipinski definition) is 9. The van der Waals surface area contributed by atoms with Gasteiger partial charge in [0.2, 0.25) is 0 Å². The van der Waals surface area contributed by atoms with Gasteiger partial charge in [0.25, 0.3) is 0 Å². The van der Waals surface area contributed by atoms with E-state index in [9.17, 15) is 18.0 Å². The first-order valence-corrected chi connectivity index (χ1v) is 18.2. The second kappa shape index (κ2) is 16.3. The molecule has 0 amide bonds. The van der Waals surface area contributed by atoms with Crippen molar-refractivity contribution in [1.82, 2.24) is 9.88 Å². The maximum atomic E-state index is 13.2. The molecule has 0 saturated carbocycles. The highest BCUT2D eigenvalue weighted by atomic mass is 32.2. The van der Waals surface area contributed by atoms with Gasteiger partial charge in [0.15, 0.2) is 6.10 Å². The fourth-order valence-electron chi connectivity index (χ4n) is 5.42. The zero-order valence-electron chi connectivity index (χ0n) is 28.4. The number of nitrogens with zero attached hydrogens (tertiary/aromatic N) is 3. The molecule has 1 unspecified atom stereocenters.